The molecule has 1 rings (SSSR count). The third-order valence-electron chi connectivity index (χ3n) is 2.63. The highest BCUT2D eigenvalue weighted by molar-refractivity contribution is 6.37. The maximum atomic E-state index is 11.4. The lowest BCUT2D eigenvalue weighted by molar-refractivity contribution is -0.142. The van der Waals surface area contributed by atoms with E-state index < -0.39 is 18.0 Å². The lowest BCUT2D eigenvalue weighted by Crippen LogP contribution is -2.41. The number of carbonyl (C=O) groups excluding carboxylic acids is 1. The van der Waals surface area contributed by atoms with Crippen LogP contribution in [0.2, 0.25) is 0 Å². The van der Waals surface area contributed by atoms with Crippen LogP contribution in [-0.4, -0.2) is 58.6 Å². The summed E-state index contributed by atoms with van der Waals surface area (Å²) in [5.41, 5.74) is -0.167. The summed E-state index contributed by atoms with van der Waals surface area (Å²) in [5.74, 6) is -1.64. The summed E-state index contributed by atoms with van der Waals surface area (Å²) < 4.78 is 4.70. The number of aliphatic carboxylic acids is 1. The van der Waals surface area contributed by atoms with Crippen LogP contribution in [0.5, 0.6) is 0 Å². The number of hydrogen-bond donors (Lipinski definition) is 2. The molecule has 17 heavy (non-hydrogen) atoms. The number of carboxylic acids is 1. The largest absolute Gasteiger partial charge is 0.480 e. The van der Waals surface area contributed by atoms with Gasteiger partial charge in [-0.3, -0.25) is 9.69 Å². The number of carbonyl (C=O) groups is 2. The topological polar surface area (TPSA) is 99.4 Å². The number of nitrogens with zero attached hydrogens (tertiary/aromatic N) is 2. The van der Waals surface area contributed by atoms with E-state index in [1.807, 2.05) is 0 Å². The normalized spacial score (nSPS) is 21.5. The van der Waals surface area contributed by atoms with E-state index in [-0.39, 0.29) is 18.9 Å². The lowest BCUT2D eigenvalue weighted by Gasteiger charge is -2.20. The number of carboxylic acid groups (broad SMARTS) is 1. The molecule has 7 nitrogen and oxygen atoms in total. The van der Waals surface area contributed by atoms with Gasteiger partial charge in [0, 0.05) is 0 Å². The van der Waals surface area contributed by atoms with Gasteiger partial charge in [-0.2, -0.15) is 0 Å². The Bertz CT molecular complexity index is 329. The number of hydrogen-bond acceptors (Lipinski definition) is 6. The molecule has 1 fully saturated rings. The van der Waals surface area contributed by atoms with Gasteiger partial charge in [0.2, 0.25) is 0 Å². The van der Waals surface area contributed by atoms with E-state index in [1.54, 1.807) is 11.8 Å². The van der Waals surface area contributed by atoms with Crippen molar-refractivity contribution in [1.82, 2.24) is 4.90 Å². The maximum Gasteiger partial charge on any atom is 0.357 e. The highest BCUT2D eigenvalue weighted by Gasteiger charge is 2.32. The fourth-order valence-corrected chi connectivity index (χ4v) is 1.84. The van der Waals surface area contributed by atoms with Crippen LogP contribution in [0.25, 0.3) is 0 Å². The predicted octanol–water partition coefficient (Wildman–Crippen LogP) is -0.0713. The monoisotopic (exact) mass is 244 g/mol. The molecule has 1 aliphatic heterocycles. The zero-order valence-electron chi connectivity index (χ0n) is 9.63. The van der Waals surface area contributed by atoms with Crippen LogP contribution >= 0.6 is 0 Å². The zero-order chi connectivity index (χ0) is 12.8. The minimum atomic E-state index is -0.927. The van der Waals surface area contributed by atoms with Gasteiger partial charge in [0.25, 0.3) is 0 Å². The molecule has 0 amide bonds. The predicted molar refractivity (Wildman–Crippen MR) is 58.1 cm³/mol. The van der Waals surface area contributed by atoms with Crippen molar-refractivity contribution in [3.05, 3.63) is 0 Å². The van der Waals surface area contributed by atoms with Gasteiger partial charge < -0.3 is 15.1 Å². The summed E-state index contributed by atoms with van der Waals surface area (Å²) >= 11 is 0. The SMILES string of the molecule is CCOC(=O)/C(CN1CCCC1C(=O)O)=N\O. The molecule has 1 saturated heterocycles. The molecule has 2 N–H and O–H groups in total. The van der Waals surface area contributed by atoms with E-state index >= 15 is 0 Å². The number of rotatable bonds is 5. The minimum absolute atomic E-state index is 0.00764. The van der Waals surface area contributed by atoms with Crippen LogP contribution in [0.15, 0.2) is 5.16 Å². The summed E-state index contributed by atoms with van der Waals surface area (Å²) in [6, 6.07) is -0.624. The van der Waals surface area contributed by atoms with E-state index in [0.29, 0.717) is 13.0 Å². The maximum absolute atomic E-state index is 11.4. The van der Waals surface area contributed by atoms with Gasteiger partial charge in [-0.25, -0.2) is 4.79 Å². The molecule has 0 saturated carbocycles. The van der Waals surface area contributed by atoms with E-state index in [9.17, 15) is 9.59 Å². The summed E-state index contributed by atoms with van der Waals surface area (Å²) in [7, 11) is 0. The lowest BCUT2D eigenvalue weighted by atomic mass is 10.2. The molecule has 0 aromatic carbocycles. The van der Waals surface area contributed by atoms with E-state index in [4.69, 9.17) is 15.1 Å². The number of ether oxygens (including phenoxy) is 1. The molecule has 0 aromatic heterocycles. The Labute approximate surface area is 98.7 Å². The Hall–Kier alpha value is -1.63. The third kappa shape index (κ3) is 3.42. The first-order valence-corrected chi connectivity index (χ1v) is 5.45. The average molecular weight is 244 g/mol. The van der Waals surface area contributed by atoms with Crippen molar-refractivity contribution in [2.45, 2.75) is 25.8 Å². The Morgan fingerprint density at radius 3 is 2.76 bits per heavy atom. The summed E-state index contributed by atoms with van der Waals surface area (Å²) in [6.07, 6.45) is 1.29. The number of likely N-dealkylation sites (tertiary alicyclic amines) is 1. The Morgan fingerprint density at radius 2 is 2.24 bits per heavy atom. The van der Waals surface area contributed by atoms with Crippen molar-refractivity contribution >= 4 is 17.7 Å². The Balaban J connectivity index is 2.62. The Morgan fingerprint density at radius 1 is 1.53 bits per heavy atom. The van der Waals surface area contributed by atoms with Crippen LogP contribution < -0.4 is 0 Å². The highest BCUT2D eigenvalue weighted by atomic mass is 16.5. The van der Waals surface area contributed by atoms with Gasteiger partial charge in [-0.15, -0.1) is 0 Å². The van der Waals surface area contributed by atoms with Gasteiger partial charge in [-0.05, 0) is 26.3 Å². The molecule has 7 heteroatoms. The van der Waals surface area contributed by atoms with E-state index in [0.717, 1.165) is 6.42 Å². The Kier molecular flexibility index (Phi) is 4.89. The van der Waals surface area contributed by atoms with Gasteiger partial charge >= 0.3 is 11.9 Å². The molecule has 0 bridgehead atoms. The molecule has 1 atom stereocenters. The molecular weight excluding hydrogens is 228 g/mol. The number of oxime groups is 1. The second-order valence-corrected chi connectivity index (χ2v) is 3.73. The fraction of sp³-hybridized carbons (Fsp3) is 0.700. The molecular formula is C10H16N2O5. The fourth-order valence-electron chi connectivity index (χ4n) is 1.84. The minimum Gasteiger partial charge on any atom is -0.480 e. The quantitative estimate of drug-likeness (QED) is 0.304. The number of esters is 1. The van der Waals surface area contributed by atoms with E-state index in [2.05, 4.69) is 5.16 Å². The van der Waals surface area contributed by atoms with Crippen LogP contribution in [0, 0.1) is 0 Å². The molecule has 1 unspecified atom stereocenters. The summed E-state index contributed by atoms with van der Waals surface area (Å²) in [6.45, 7) is 2.38. The molecule has 1 aliphatic rings. The third-order valence-corrected chi connectivity index (χ3v) is 2.63. The van der Waals surface area contributed by atoms with Crippen molar-refractivity contribution in [2.24, 2.45) is 5.16 Å². The highest BCUT2D eigenvalue weighted by Crippen LogP contribution is 2.17. The second-order valence-electron chi connectivity index (χ2n) is 3.73. The standard InChI is InChI=1S/C10H16N2O5/c1-2-17-10(15)7(11-16)6-12-5-3-4-8(12)9(13)14/h8,16H,2-6H2,1H3,(H,13,14)/b11-7-. The van der Waals surface area contributed by atoms with Gasteiger partial charge in [0.15, 0.2) is 5.71 Å². The first-order chi connectivity index (χ1) is 8.10. The molecule has 96 valence electrons. The molecule has 0 radical (unpaired) electrons. The van der Waals surface area contributed by atoms with Crippen molar-refractivity contribution in [3.63, 3.8) is 0 Å². The van der Waals surface area contributed by atoms with Crippen molar-refractivity contribution in [2.75, 3.05) is 19.7 Å². The van der Waals surface area contributed by atoms with Crippen molar-refractivity contribution in [3.8, 4) is 0 Å². The van der Waals surface area contributed by atoms with Gasteiger partial charge in [-0.1, -0.05) is 5.16 Å². The molecule has 0 aromatic rings. The van der Waals surface area contributed by atoms with Crippen LogP contribution in [-0.2, 0) is 14.3 Å². The van der Waals surface area contributed by atoms with Gasteiger partial charge in [0.1, 0.15) is 6.04 Å². The summed E-state index contributed by atoms with van der Waals surface area (Å²) in [5, 5.41) is 20.5. The van der Waals surface area contributed by atoms with Crippen LogP contribution in [0.3, 0.4) is 0 Å². The van der Waals surface area contributed by atoms with E-state index in [1.165, 1.54) is 0 Å². The van der Waals surface area contributed by atoms with Gasteiger partial charge in [0.05, 0.1) is 13.2 Å². The van der Waals surface area contributed by atoms with Crippen LogP contribution in [0.1, 0.15) is 19.8 Å². The molecule has 0 spiro atoms. The second kappa shape index (κ2) is 6.19. The smallest absolute Gasteiger partial charge is 0.357 e. The van der Waals surface area contributed by atoms with Crippen molar-refractivity contribution < 1.29 is 24.6 Å². The molecule has 0 aliphatic carbocycles. The first kappa shape index (κ1) is 13.4. The first-order valence-electron chi connectivity index (χ1n) is 5.45. The average Bonchev–Trinajstić information content (AvgIpc) is 2.74. The van der Waals surface area contributed by atoms with Crippen LogP contribution in [0.4, 0.5) is 0 Å². The molecule has 1 heterocycles. The summed E-state index contributed by atoms with van der Waals surface area (Å²) in [4.78, 5) is 23.9. The van der Waals surface area contributed by atoms with Crippen molar-refractivity contribution in [1.29, 1.82) is 0 Å². The zero-order valence-corrected chi connectivity index (χ0v) is 9.63.